The summed E-state index contributed by atoms with van der Waals surface area (Å²) in [5.41, 5.74) is 0. The number of ether oxygens (including phenoxy) is 1. The van der Waals surface area contributed by atoms with Gasteiger partial charge in [-0.1, -0.05) is 58.8 Å². The molecule has 22 heavy (non-hydrogen) atoms. The summed E-state index contributed by atoms with van der Waals surface area (Å²) >= 11 is 0. The minimum Gasteiger partial charge on any atom is -0.446 e. The van der Waals surface area contributed by atoms with Gasteiger partial charge in [-0.15, -0.1) is 0 Å². The highest BCUT2D eigenvalue weighted by Crippen LogP contribution is 2.16. The number of rotatable bonds is 12. The zero-order chi connectivity index (χ0) is 16.0. The molecule has 0 aliphatic carbocycles. The lowest BCUT2D eigenvalue weighted by Crippen LogP contribution is -2.21. The van der Waals surface area contributed by atoms with Crippen LogP contribution in [0.2, 0.25) is 0 Å². The molecule has 4 nitrogen and oxygen atoms in total. The first-order valence-electron chi connectivity index (χ1n) is 8.96. The lowest BCUT2D eigenvalue weighted by Gasteiger charge is -2.18. The summed E-state index contributed by atoms with van der Waals surface area (Å²) in [6.45, 7) is 4.44. The van der Waals surface area contributed by atoms with Crippen molar-refractivity contribution in [3.63, 3.8) is 0 Å². The van der Waals surface area contributed by atoms with Gasteiger partial charge in [0.05, 0.1) is 0 Å². The van der Waals surface area contributed by atoms with Gasteiger partial charge in [-0.3, -0.25) is 0 Å². The summed E-state index contributed by atoms with van der Waals surface area (Å²) in [6.07, 6.45) is 17.5. The van der Waals surface area contributed by atoms with E-state index in [-0.39, 0.29) is 12.2 Å². The third kappa shape index (κ3) is 8.20. The fourth-order valence-electron chi connectivity index (χ4n) is 2.61. The molecule has 4 heteroatoms. The molecule has 0 bridgehead atoms. The number of nitrogens with zero attached hydrogens (tertiary/aromatic N) is 2. The predicted molar refractivity (Wildman–Crippen MR) is 90.0 cm³/mol. The van der Waals surface area contributed by atoms with E-state index >= 15 is 0 Å². The van der Waals surface area contributed by atoms with Crippen LogP contribution in [-0.2, 0) is 4.74 Å². The Morgan fingerprint density at radius 1 is 1.00 bits per heavy atom. The Bertz CT molecular complexity index is 376. The molecule has 1 aromatic rings. The molecule has 1 unspecified atom stereocenters. The van der Waals surface area contributed by atoms with Gasteiger partial charge in [0.15, 0.2) is 0 Å². The Kier molecular flexibility index (Phi) is 10.4. The van der Waals surface area contributed by atoms with Gasteiger partial charge in [0.1, 0.15) is 12.4 Å². The second kappa shape index (κ2) is 12.2. The van der Waals surface area contributed by atoms with Gasteiger partial charge >= 0.3 is 6.09 Å². The summed E-state index contributed by atoms with van der Waals surface area (Å²) in [5.74, 6) is 0. The quantitative estimate of drug-likeness (QED) is 0.474. The number of carbonyl (C=O) groups is 1. The van der Waals surface area contributed by atoms with E-state index in [1.807, 2.05) is 0 Å². The van der Waals surface area contributed by atoms with Crippen LogP contribution in [0.4, 0.5) is 4.79 Å². The molecule has 0 saturated heterocycles. The first kappa shape index (κ1) is 18.7. The molecular formula is C18H32N2O2. The molecule has 0 aliphatic heterocycles. The highest BCUT2D eigenvalue weighted by Gasteiger charge is 2.15. The van der Waals surface area contributed by atoms with E-state index in [0.717, 1.165) is 25.7 Å². The molecular weight excluding hydrogens is 276 g/mol. The van der Waals surface area contributed by atoms with Crippen LogP contribution < -0.4 is 0 Å². The molecule has 0 fully saturated rings. The lowest BCUT2D eigenvalue weighted by atomic mass is 10.0. The molecule has 0 aromatic carbocycles. The smallest absolute Gasteiger partial charge is 0.419 e. The van der Waals surface area contributed by atoms with Crippen LogP contribution in [0, 0.1) is 0 Å². The van der Waals surface area contributed by atoms with Crippen LogP contribution in [0.1, 0.15) is 84.5 Å². The average molecular weight is 308 g/mol. The molecule has 0 saturated carbocycles. The normalized spacial score (nSPS) is 12.3. The topological polar surface area (TPSA) is 44.1 Å². The standard InChI is InChI=1S/C18H32N2O2/c1-3-5-7-9-11-13-17(12-10-8-6-4-2)22-18(21)20-15-14-19-16-20/h14-17H,3-13H2,1-2H3. The molecule has 1 atom stereocenters. The van der Waals surface area contributed by atoms with Crippen molar-refractivity contribution < 1.29 is 9.53 Å². The molecule has 0 aliphatic rings. The van der Waals surface area contributed by atoms with Crippen molar-refractivity contribution in [2.45, 2.75) is 90.6 Å². The van der Waals surface area contributed by atoms with Crippen LogP contribution in [-0.4, -0.2) is 21.7 Å². The van der Waals surface area contributed by atoms with Crippen LogP contribution in [0.3, 0.4) is 0 Å². The highest BCUT2D eigenvalue weighted by molar-refractivity contribution is 5.70. The lowest BCUT2D eigenvalue weighted by molar-refractivity contribution is 0.0852. The summed E-state index contributed by atoms with van der Waals surface area (Å²) < 4.78 is 7.08. The van der Waals surface area contributed by atoms with E-state index in [0.29, 0.717) is 0 Å². The molecule has 0 N–H and O–H groups in total. The maximum absolute atomic E-state index is 12.0. The first-order chi connectivity index (χ1) is 10.8. The van der Waals surface area contributed by atoms with E-state index in [4.69, 9.17) is 4.74 Å². The van der Waals surface area contributed by atoms with Crippen molar-refractivity contribution in [1.82, 2.24) is 9.55 Å². The van der Waals surface area contributed by atoms with E-state index < -0.39 is 0 Å². The Hall–Kier alpha value is -1.32. The Morgan fingerprint density at radius 3 is 2.14 bits per heavy atom. The summed E-state index contributed by atoms with van der Waals surface area (Å²) in [5, 5.41) is 0. The zero-order valence-corrected chi connectivity index (χ0v) is 14.3. The SMILES string of the molecule is CCCCCCCC(CCCCCC)OC(=O)n1ccnc1. The highest BCUT2D eigenvalue weighted by atomic mass is 16.6. The fourth-order valence-corrected chi connectivity index (χ4v) is 2.61. The second-order valence-corrected chi connectivity index (χ2v) is 6.03. The minimum atomic E-state index is -0.299. The number of imidazole rings is 1. The predicted octanol–water partition coefficient (Wildman–Crippen LogP) is 5.57. The molecule has 1 heterocycles. The van der Waals surface area contributed by atoms with Crippen molar-refractivity contribution in [2.75, 3.05) is 0 Å². The van der Waals surface area contributed by atoms with E-state index in [1.54, 1.807) is 12.4 Å². The minimum absolute atomic E-state index is 0.0494. The third-order valence-electron chi connectivity index (χ3n) is 3.99. The molecule has 0 amide bonds. The number of hydrogen-bond acceptors (Lipinski definition) is 3. The van der Waals surface area contributed by atoms with Gasteiger partial charge in [-0.05, 0) is 25.7 Å². The number of carbonyl (C=O) groups excluding carboxylic acids is 1. The number of unbranched alkanes of at least 4 members (excludes halogenated alkanes) is 7. The van der Waals surface area contributed by atoms with Gasteiger partial charge in [0, 0.05) is 12.4 Å². The fraction of sp³-hybridized carbons (Fsp3) is 0.778. The van der Waals surface area contributed by atoms with Crippen molar-refractivity contribution in [1.29, 1.82) is 0 Å². The number of hydrogen-bond donors (Lipinski definition) is 0. The molecule has 0 spiro atoms. The average Bonchev–Trinajstić information content (AvgIpc) is 3.05. The molecule has 1 aromatic heterocycles. The van der Waals surface area contributed by atoms with Gasteiger partial charge in [-0.2, -0.15) is 0 Å². The maximum Gasteiger partial charge on any atom is 0.419 e. The van der Waals surface area contributed by atoms with Crippen LogP contribution >= 0.6 is 0 Å². The monoisotopic (exact) mass is 308 g/mol. The van der Waals surface area contributed by atoms with E-state index in [1.165, 1.54) is 55.8 Å². The first-order valence-corrected chi connectivity index (χ1v) is 8.96. The third-order valence-corrected chi connectivity index (χ3v) is 3.99. The molecule has 0 radical (unpaired) electrons. The van der Waals surface area contributed by atoms with Gasteiger partial charge in [0.25, 0.3) is 0 Å². The van der Waals surface area contributed by atoms with Crippen molar-refractivity contribution in [2.24, 2.45) is 0 Å². The van der Waals surface area contributed by atoms with Crippen LogP contribution in [0.15, 0.2) is 18.7 Å². The van der Waals surface area contributed by atoms with Gasteiger partial charge in [-0.25, -0.2) is 14.3 Å². The number of aromatic nitrogens is 2. The Labute approximate surface area is 135 Å². The largest absolute Gasteiger partial charge is 0.446 e. The van der Waals surface area contributed by atoms with Gasteiger partial charge < -0.3 is 4.74 Å². The van der Waals surface area contributed by atoms with E-state index in [2.05, 4.69) is 18.8 Å². The Morgan fingerprint density at radius 2 is 1.59 bits per heavy atom. The molecule has 1 rings (SSSR count). The summed E-state index contributed by atoms with van der Waals surface area (Å²) in [6, 6.07) is 0. The van der Waals surface area contributed by atoms with Crippen molar-refractivity contribution in [3.8, 4) is 0 Å². The molecule has 126 valence electrons. The van der Waals surface area contributed by atoms with Crippen LogP contribution in [0.25, 0.3) is 0 Å². The van der Waals surface area contributed by atoms with Crippen molar-refractivity contribution >= 4 is 6.09 Å². The van der Waals surface area contributed by atoms with Crippen molar-refractivity contribution in [3.05, 3.63) is 18.7 Å². The second-order valence-electron chi connectivity index (χ2n) is 6.03. The van der Waals surface area contributed by atoms with Gasteiger partial charge in [0.2, 0.25) is 0 Å². The Balaban J connectivity index is 2.34. The van der Waals surface area contributed by atoms with E-state index in [9.17, 15) is 4.79 Å². The summed E-state index contributed by atoms with van der Waals surface area (Å²) in [4.78, 5) is 15.9. The zero-order valence-electron chi connectivity index (χ0n) is 14.3. The maximum atomic E-state index is 12.0. The van der Waals surface area contributed by atoms with Crippen LogP contribution in [0.5, 0.6) is 0 Å². The summed E-state index contributed by atoms with van der Waals surface area (Å²) in [7, 11) is 0.